The van der Waals surface area contributed by atoms with Gasteiger partial charge in [0.05, 0.1) is 10.6 Å². The van der Waals surface area contributed by atoms with Gasteiger partial charge in [-0.15, -0.1) is 0 Å². The second-order valence-electron chi connectivity index (χ2n) is 4.90. The molecule has 5 heteroatoms. The minimum atomic E-state index is -0.0665. The lowest BCUT2D eigenvalue weighted by Gasteiger charge is -2.37. The van der Waals surface area contributed by atoms with Gasteiger partial charge in [0.1, 0.15) is 0 Å². The largest absolute Gasteiger partial charge is 0.399 e. The molecule has 0 saturated heterocycles. The fourth-order valence-electron chi connectivity index (χ4n) is 2.25. The van der Waals surface area contributed by atoms with E-state index in [1.807, 2.05) is 4.90 Å². The van der Waals surface area contributed by atoms with Gasteiger partial charge in [-0.05, 0) is 43.9 Å². The maximum absolute atomic E-state index is 12.5. The maximum atomic E-state index is 12.5. The van der Waals surface area contributed by atoms with Crippen LogP contribution in [0.3, 0.4) is 0 Å². The molecule has 2 rings (SSSR count). The molecule has 0 bridgehead atoms. The molecule has 1 saturated carbocycles. The summed E-state index contributed by atoms with van der Waals surface area (Å²) >= 11 is 6.09. The lowest BCUT2D eigenvalue weighted by atomic mass is 9.90. The Morgan fingerprint density at radius 3 is 2.74 bits per heavy atom. The van der Waals surface area contributed by atoms with Gasteiger partial charge in [0.25, 0.3) is 5.91 Å². The Hall–Kier alpha value is -1.26. The number of amides is 1. The third kappa shape index (κ3) is 3.19. The van der Waals surface area contributed by atoms with Crippen LogP contribution in [0, 0.1) is 0 Å². The molecule has 1 aliphatic carbocycles. The van der Waals surface area contributed by atoms with Crippen LogP contribution in [0.15, 0.2) is 18.2 Å². The van der Waals surface area contributed by atoms with Gasteiger partial charge >= 0.3 is 0 Å². The molecule has 0 spiro atoms. The second-order valence-corrected chi connectivity index (χ2v) is 5.31. The maximum Gasteiger partial charge on any atom is 0.255 e. The summed E-state index contributed by atoms with van der Waals surface area (Å²) in [4.78, 5) is 14.4. The van der Waals surface area contributed by atoms with Crippen LogP contribution >= 0.6 is 11.6 Å². The number of carbonyl (C=O) groups excluding carboxylic acids is 1. The molecule has 4 nitrogen and oxygen atoms in total. The molecule has 1 amide bonds. The van der Waals surface area contributed by atoms with Gasteiger partial charge in [0.15, 0.2) is 0 Å². The summed E-state index contributed by atoms with van der Waals surface area (Å²) < 4.78 is 0. The summed E-state index contributed by atoms with van der Waals surface area (Å²) in [5, 5.41) is 9.34. The Morgan fingerprint density at radius 2 is 2.21 bits per heavy atom. The molecule has 104 valence electrons. The lowest BCUT2D eigenvalue weighted by Crippen LogP contribution is -2.45. The van der Waals surface area contributed by atoms with Gasteiger partial charge in [-0.3, -0.25) is 4.79 Å². The number of aliphatic hydroxyl groups is 1. The minimum Gasteiger partial charge on any atom is -0.399 e. The van der Waals surface area contributed by atoms with E-state index < -0.39 is 0 Å². The molecule has 0 aliphatic heterocycles. The number of aliphatic hydroxyl groups excluding tert-OH is 1. The highest BCUT2D eigenvalue weighted by molar-refractivity contribution is 6.34. The fraction of sp³-hybridized carbons (Fsp3) is 0.500. The Kier molecular flexibility index (Phi) is 4.66. The van der Waals surface area contributed by atoms with Crippen LogP contribution in [-0.4, -0.2) is 35.1 Å². The number of nitrogen functional groups attached to an aromatic ring is 1. The molecule has 0 atom stereocenters. The van der Waals surface area contributed by atoms with Gasteiger partial charge in [-0.25, -0.2) is 0 Å². The predicted octanol–water partition coefficient (Wildman–Crippen LogP) is 2.30. The summed E-state index contributed by atoms with van der Waals surface area (Å²) in [7, 11) is 0. The zero-order valence-electron chi connectivity index (χ0n) is 10.8. The van der Waals surface area contributed by atoms with Crippen molar-refractivity contribution in [2.75, 3.05) is 18.9 Å². The summed E-state index contributed by atoms with van der Waals surface area (Å²) in [6.07, 6.45) is 3.81. The van der Waals surface area contributed by atoms with Crippen LogP contribution in [0.5, 0.6) is 0 Å². The molecule has 3 N–H and O–H groups in total. The highest BCUT2D eigenvalue weighted by Gasteiger charge is 2.29. The first-order valence-electron chi connectivity index (χ1n) is 6.60. The quantitative estimate of drug-likeness (QED) is 0.815. The summed E-state index contributed by atoms with van der Waals surface area (Å²) in [6.45, 7) is 0.659. The summed E-state index contributed by atoms with van der Waals surface area (Å²) in [6, 6.07) is 5.24. The Balaban J connectivity index is 2.17. The van der Waals surface area contributed by atoms with E-state index in [9.17, 15) is 4.79 Å². The van der Waals surface area contributed by atoms with Crippen molar-refractivity contribution >= 4 is 23.2 Å². The Bertz CT molecular complexity index is 461. The first-order valence-corrected chi connectivity index (χ1v) is 6.98. The number of hydrogen-bond donors (Lipinski definition) is 2. The smallest absolute Gasteiger partial charge is 0.255 e. The van der Waals surface area contributed by atoms with Crippen LogP contribution in [0.1, 0.15) is 36.0 Å². The van der Waals surface area contributed by atoms with Gasteiger partial charge < -0.3 is 15.7 Å². The molecule has 0 radical (unpaired) electrons. The van der Waals surface area contributed by atoms with Gasteiger partial charge in [-0.2, -0.15) is 0 Å². The molecular formula is C14H19ClN2O2. The molecule has 0 aromatic heterocycles. The third-order valence-corrected chi connectivity index (χ3v) is 3.87. The van der Waals surface area contributed by atoms with E-state index in [-0.39, 0.29) is 18.6 Å². The van der Waals surface area contributed by atoms with Crippen molar-refractivity contribution in [2.45, 2.75) is 31.7 Å². The van der Waals surface area contributed by atoms with Crippen molar-refractivity contribution in [1.29, 1.82) is 0 Å². The van der Waals surface area contributed by atoms with E-state index in [0.29, 0.717) is 29.2 Å². The zero-order valence-corrected chi connectivity index (χ0v) is 11.6. The molecule has 19 heavy (non-hydrogen) atoms. The van der Waals surface area contributed by atoms with E-state index in [2.05, 4.69) is 0 Å². The second kappa shape index (κ2) is 6.26. The summed E-state index contributed by atoms with van der Waals surface area (Å²) in [5.41, 5.74) is 6.67. The van der Waals surface area contributed by atoms with Crippen LogP contribution in [-0.2, 0) is 0 Å². The van der Waals surface area contributed by atoms with E-state index in [1.54, 1.807) is 18.2 Å². The number of anilines is 1. The number of benzene rings is 1. The number of rotatable bonds is 5. The van der Waals surface area contributed by atoms with Crippen LogP contribution < -0.4 is 5.73 Å². The van der Waals surface area contributed by atoms with Gasteiger partial charge in [0.2, 0.25) is 0 Å². The van der Waals surface area contributed by atoms with Crippen LogP contribution in [0.25, 0.3) is 0 Å². The fourth-order valence-corrected chi connectivity index (χ4v) is 2.52. The number of nitrogens with two attached hydrogens (primary N) is 1. The SMILES string of the molecule is Nc1ccc(C(=O)N(CCCO)C2CCC2)c(Cl)c1. The first kappa shape index (κ1) is 14.2. The normalized spacial score (nSPS) is 15.1. The number of nitrogens with zero attached hydrogens (tertiary/aromatic N) is 1. The first-order chi connectivity index (χ1) is 9.13. The number of hydrogen-bond acceptors (Lipinski definition) is 3. The molecule has 0 unspecified atom stereocenters. The van der Waals surface area contributed by atoms with E-state index >= 15 is 0 Å². The van der Waals surface area contributed by atoms with Crippen molar-refractivity contribution < 1.29 is 9.90 Å². The van der Waals surface area contributed by atoms with Crippen molar-refractivity contribution in [3.8, 4) is 0 Å². The molecule has 1 aromatic carbocycles. The average molecular weight is 283 g/mol. The monoisotopic (exact) mass is 282 g/mol. The standard InChI is InChI=1S/C14H19ClN2O2/c15-13-9-10(16)5-6-12(13)14(19)17(7-2-8-18)11-3-1-4-11/h5-6,9,11,18H,1-4,7-8,16H2. The van der Waals surface area contributed by atoms with E-state index in [4.69, 9.17) is 22.4 Å². The van der Waals surface area contributed by atoms with E-state index in [0.717, 1.165) is 19.3 Å². The van der Waals surface area contributed by atoms with Gasteiger partial charge in [-0.1, -0.05) is 11.6 Å². The molecule has 1 aliphatic rings. The van der Waals surface area contributed by atoms with Crippen molar-refractivity contribution in [1.82, 2.24) is 4.90 Å². The van der Waals surface area contributed by atoms with Crippen molar-refractivity contribution in [2.24, 2.45) is 0 Å². The Morgan fingerprint density at radius 1 is 1.47 bits per heavy atom. The lowest BCUT2D eigenvalue weighted by molar-refractivity contribution is 0.0563. The average Bonchev–Trinajstić information content (AvgIpc) is 2.31. The molecule has 0 heterocycles. The molecular weight excluding hydrogens is 264 g/mol. The molecule has 1 aromatic rings. The highest BCUT2D eigenvalue weighted by Crippen LogP contribution is 2.28. The van der Waals surface area contributed by atoms with Crippen molar-refractivity contribution in [3.05, 3.63) is 28.8 Å². The van der Waals surface area contributed by atoms with Gasteiger partial charge in [0, 0.05) is 24.9 Å². The topological polar surface area (TPSA) is 66.6 Å². The van der Waals surface area contributed by atoms with E-state index in [1.165, 1.54) is 0 Å². The predicted molar refractivity (Wildman–Crippen MR) is 76.2 cm³/mol. The molecule has 1 fully saturated rings. The summed E-state index contributed by atoms with van der Waals surface area (Å²) in [5.74, 6) is -0.0665. The van der Waals surface area contributed by atoms with Crippen LogP contribution in [0.2, 0.25) is 5.02 Å². The van der Waals surface area contributed by atoms with Crippen LogP contribution in [0.4, 0.5) is 5.69 Å². The number of carbonyl (C=O) groups is 1. The zero-order chi connectivity index (χ0) is 13.8. The third-order valence-electron chi connectivity index (χ3n) is 3.56. The van der Waals surface area contributed by atoms with Crippen molar-refractivity contribution in [3.63, 3.8) is 0 Å². The highest BCUT2D eigenvalue weighted by atomic mass is 35.5. The Labute approximate surface area is 118 Å². The number of halogens is 1. The minimum absolute atomic E-state index is 0.0665.